The Morgan fingerprint density at radius 1 is 1.47 bits per heavy atom. The van der Waals surface area contributed by atoms with E-state index in [0.717, 1.165) is 25.0 Å². The molecule has 0 saturated heterocycles. The predicted molar refractivity (Wildman–Crippen MR) is 65.2 cm³/mol. The van der Waals surface area contributed by atoms with E-state index in [1.165, 1.54) is 0 Å². The third-order valence-corrected chi connectivity index (χ3v) is 3.01. The molecule has 0 fully saturated rings. The quantitative estimate of drug-likeness (QED) is 0.767. The molecule has 0 aromatic heterocycles. The number of phenolic OH excluding ortho intramolecular Hbond substituents is 1. The number of phenols is 1. The minimum absolute atomic E-state index is 0.109. The standard InChI is InChI=1S/C12H19BO2/c1-5-12(3,13-4)15-11-7-6-10(14)8-9(11)2/h6-8,13-14H,5H2,1-4H3. The minimum Gasteiger partial charge on any atom is -0.508 e. The van der Waals surface area contributed by atoms with E-state index in [1.54, 1.807) is 12.1 Å². The van der Waals surface area contributed by atoms with E-state index in [4.69, 9.17) is 4.74 Å². The summed E-state index contributed by atoms with van der Waals surface area (Å²) < 4.78 is 5.97. The van der Waals surface area contributed by atoms with Gasteiger partial charge in [0.25, 0.3) is 0 Å². The topological polar surface area (TPSA) is 29.5 Å². The van der Waals surface area contributed by atoms with Gasteiger partial charge in [0.1, 0.15) is 11.5 Å². The van der Waals surface area contributed by atoms with Crippen LogP contribution < -0.4 is 4.74 Å². The third kappa shape index (κ3) is 2.91. The van der Waals surface area contributed by atoms with E-state index < -0.39 is 0 Å². The highest BCUT2D eigenvalue weighted by atomic mass is 16.5. The summed E-state index contributed by atoms with van der Waals surface area (Å²) in [6.07, 6.45) is 0.976. The third-order valence-electron chi connectivity index (χ3n) is 3.01. The Morgan fingerprint density at radius 2 is 2.13 bits per heavy atom. The number of aromatic hydroxyl groups is 1. The lowest BCUT2D eigenvalue weighted by Crippen LogP contribution is -2.37. The molecule has 2 nitrogen and oxygen atoms in total. The Kier molecular flexibility index (Phi) is 3.67. The van der Waals surface area contributed by atoms with Crippen molar-refractivity contribution in [2.75, 3.05) is 0 Å². The SMILES string of the molecule is CBC(C)(CC)Oc1ccc(O)cc1C. The van der Waals surface area contributed by atoms with Gasteiger partial charge in [-0.1, -0.05) is 13.7 Å². The maximum atomic E-state index is 9.29. The maximum absolute atomic E-state index is 9.29. The van der Waals surface area contributed by atoms with Gasteiger partial charge in [-0.2, -0.15) is 0 Å². The fraction of sp³-hybridized carbons (Fsp3) is 0.500. The van der Waals surface area contributed by atoms with Crippen molar-refractivity contribution in [3.05, 3.63) is 23.8 Å². The van der Waals surface area contributed by atoms with Crippen LogP contribution >= 0.6 is 0 Å². The Morgan fingerprint density at radius 3 is 2.60 bits per heavy atom. The Balaban J connectivity index is 2.89. The van der Waals surface area contributed by atoms with Crippen molar-refractivity contribution >= 4 is 7.28 Å². The molecule has 15 heavy (non-hydrogen) atoms. The summed E-state index contributed by atoms with van der Waals surface area (Å²) in [7, 11) is 0.976. The van der Waals surface area contributed by atoms with Crippen LogP contribution in [0.5, 0.6) is 11.5 Å². The van der Waals surface area contributed by atoms with Crippen molar-refractivity contribution in [3.63, 3.8) is 0 Å². The van der Waals surface area contributed by atoms with Gasteiger partial charge in [-0.05, 0) is 44.0 Å². The Bertz CT molecular complexity index is 332. The second-order valence-electron chi connectivity index (χ2n) is 4.21. The fourth-order valence-corrected chi connectivity index (χ4v) is 1.41. The van der Waals surface area contributed by atoms with Gasteiger partial charge in [0.2, 0.25) is 0 Å². The van der Waals surface area contributed by atoms with E-state index >= 15 is 0 Å². The van der Waals surface area contributed by atoms with Crippen molar-refractivity contribution in [2.45, 2.75) is 39.5 Å². The normalized spacial score (nSPS) is 14.4. The zero-order chi connectivity index (χ0) is 11.5. The van der Waals surface area contributed by atoms with Crippen LogP contribution in [0.25, 0.3) is 0 Å². The summed E-state index contributed by atoms with van der Waals surface area (Å²) in [5.74, 6) is 1.15. The molecule has 1 rings (SSSR count). The molecular formula is C12H19BO2. The van der Waals surface area contributed by atoms with E-state index in [1.807, 2.05) is 13.0 Å². The number of ether oxygens (including phenoxy) is 1. The van der Waals surface area contributed by atoms with Gasteiger partial charge in [0, 0.05) is 0 Å². The zero-order valence-corrected chi connectivity index (χ0v) is 10.0. The first kappa shape index (κ1) is 12.0. The van der Waals surface area contributed by atoms with Gasteiger partial charge >= 0.3 is 0 Å². The maximum Gasteiger partial charge on any atom is 0.173 e. The van der Waals surface area contributed by atoms with Crippen LogP contribution in [0, 0.1) is 6.92 Å². The predicted octanol–water partition coefficient (Wildman–Crippen LogP) is 2.69. The van der Waals surface area contributed by atoms with Crippen LogP contribution in [-0.2, 0) is 0 Å². The minimum atomic E-state index is -0.109. The van der Waals surface area contributed by atoms with Gasteiger partial charge < -0.3 is 9.84 Å². The van der Waals surface area contributed by atoms with E-state index in [2.05, 4.69) is 20.7 Å². The highest BCUT2D eigenvalue weighted by molar-refractivity contribution is 6.37. The highest BCUT2D eigenvalue weighted by Gasteiger charge is 2.23. The molecule has 82 valence electrons. The number of hydrogen-bond donors (Lipinski definition) is 1. The highest BCUT2D eigenvalue weighted by Crippen LogP contribution is 2.27. The molecule has 0 heterocycles. The van der Waals surface area contributed by atoms with Crippen LogP contribution in [0.1, 0.15) is 25.8 Å². The van der Waals surface area contributed by atoms with Gasteiger partial charge in [0.15, 0.2) is 7.28 Å². The molecule has 0 bridgehead atoms. The molecule has 1 aromatic rings. The summed E-state index contributed by atoms with van der Waals surface area (Å²) in [4.78, 5) is 0. The molecule has 0 amide bonds. The smallest absolute Gasteiger partial charge is 0.173 e. The second kappa shape index (κ2) is 4.60. The molecule has 1 atom stereocenters. The van der Waals surface area contributed by atoms with Crippen LogP contribution in [0.4, 0.5) is 0 Å². The lowest BCUT2D eigenvalue weighted by molar-refractivity contribution is 0.167. The summed E-state index contributed by atoms with van der Waals surface area (Å²) in [6.45, 7) is 8.30. The lowest BCUT2D eigenvalue weighted by atomic mass is 9.62. The summed E-state index contributed by atoms with van der Waals surface area (Å²) in [5.41, 5.74) is 0.866. The van der Waals surface area contributed by atoms with Crippen LogP contribution in [0.3, 0.4) is 0 Å². The Labute approximate surface area is 92.5 Å². The molecule has 0 saturated carbocycles. The molecule has 0 radical (unpaired) electrons. The molecule has 1 aromatic carbocycles. The van der Waals surface area contributed by atoms with Crippen LogP contribution in [0.15, 0.2) is 18.2 Å². The van der Waals surface area contributed by atoms with Gasteiger partial charge in [0.05, 0.1) is 5.50 Å². The molecule has 0 aliphatic carbocycles. The van der Waals surface area contributed by atoms with E-state index in [-0.39, 0.29) is 11.2 Å². The second-order valence-corrected chi connectivity index (χ2v) is 4.21. The first-order valence-corrected chi connectivity index (χ1v) is 5.49. The number of benzene rings is 1. The molecule has 1 unspecified atom stereocenters. The summed E-state index contributed by atoms with van der Waals surface area (Å²) in [6, 6.07) is 5.21. The molecular weight excluding hydrogens is 187 g/mol. The summed E-state index contributed by atoms with van der Waals surface area (Å²) in [5, 5.41) is 9.29. The van der Waals surface area contributed by atoms with Gasteiger partial charge in [-0.3, -0.25) is 0 Å². The van der Waals surface area contributed by atoms with Crippen molar-refractivity contribution in [3.8, 4) is 11.5 Å². The number of hydrogen-bond acceptors (Lipinski definition) is 2. The number of aryl methyl sites for hydroxylation is 1. The fourth-order valence-electron chi connectivity index (χ4n) is 1.41. The largest absolute Gasteiger partial charge is 0.508 e. The molecule has 0 aliphatic rings. The average Bonchev–Trinajstić information content (AvgIpc) is 2.22. The van der Waals surface area contributed by atoms with Crippen molar-refractivity contribution in [1.82, 2.24) is 0 Å². The van der Waals surface area contributed by atoms with E-state index in [9.17, 15) is 5.11 Å². The molecule has 1 N–H and O–H groups in total. The van der Waals surface area contributed by atoms with Crippen LogP contribution in [-0.4, -0.2) is 17.9 Å². The monoisotopic (exact) mass is 206 g/mol. The average molecular weight is 206 g/mol. The van der Waals surface area contributed by atoms with Crippen molar-refractivity contribution < 1.29 is 9.84 Å². The summed E-state index contributed by atoms with van der Waals surface area (Å²) >= 11 is 0. The van der Waals surface area contributed by atoms with Gasteiger partial charge in [-0.15, -0.1) is 0 Å². The van der Waals surface area contributed by atoms with E-state index in [0.29, 0.717) is 0 Å². The molecule has 0 spiro atoms. The molecule has 3 heteroatoms. The van der Waals surface area contributed by atoms with Crippen LogP contribution in [0.2, 0.25) is 6.82 Å². The zero-order valence-electron chi connectivity index (χ0n) is 10.0. The molecule has 0 aliphatic heterocycles. The first-order chi connectivity index (χ1) is 7.00. The van der Waals surface area contributed by atoms with Gasteiger partial charge in [-0.25, -0.2) is 0 Å². The Hall–Kier alpha value is -1.12. The van der Waals surface area contributed by atoms with Crippen molar-refractivity contribution in [1.29, 1.82) is 0 Å². The number of rotatable bonds is 4. The lowest BCUT2D eigenvalue weighted by Gasteiger charge is -2.29. The first-order valence-electron chi connectivity index (χ1n) is 5.49. The van der Waals surface area contributed by atoms with Crippen molar-refractivity contribution in [2.24, 2.45) is 0 Å².